The zero-order chi connectivity index (χ0) is 18.5. The number of hydrogen-bond acceptors (Lipinski definition) is 4. The normalized spacial score (nSPS) is 27.1. The van der Waals surface area contributed by atoms with Crippen molar-refractivity contribution in [1.82, 2.24) is 10.6 Å². The minimum Gasteiger partial charge on any atom is -0.378 e. The van der Waals surface area contributed by atoms with E-state index in [9.17, 15) is 8.42 Å². The Morgan fingerprint density at radius 2 is 2.00 bits per heavy atom. The highest BCUT2D eigenvalue weighted by molar-refractivity contribution is 7.90. The van der Waals surface area contributed by atoms with Gasteiger partial charge in [0.1, 0.15) is 9.84 Å². The molecule has 2 N–H and O–H groups in total. The molecule has 0 radical (unpaired) electrons. The van der Waals surface area contributed by atoms with E-state index < -0.39 is 9.84 Å². The fourth-order valence-corrected chi connectivity index (χ4v) is 5.02. The van der Waals surface area contributed by atoms with Crippen molar-refractivity contribution < 1.29 is 13.2 Å². The highest BCUT2D eigenvalue weighted by Crippen LogP contribution is 2.54. The Labute approximate surface area is 153 Å². The Balaban J connectivity index is 1.94. The molecule has 2 rings (SSSR count). The number of aliphatic imine (C=N–C) groups is 1. The summed E-state index contributed by atoms with van der Waals surface area (Å²) in [5.41, 5.74) is 0.252. The minimum atomic E-state index is -2.93. The SMILES string of the molecule is CCN=C(NC(C)CCS(C)(=O)=O)NC1CC(OCC)C12CCCC2. The minimum absolute atomic E-state index is 0.0646. The molecule has 2 saturated carbocycles. The molecule has 7 heteroatoms. The lowest BCUT2D eigenvalue weighted by atomic mass is 9.60. The van der Waals surface area contributed by atoms with Gasteiger partial charge in [0.05, 0.1) is 11.9 Å². The topological polar surface area (TPSA) is 79.8 Å². The van der Waals surface area contributed by atoms with Gasteiger partial charge in [-0.15, -0.1) is 0 Å². The van der Waals surface area contributed by atoms with Crippen molar-refractivity contribution in [2.75, 3.05) is 25.2 Å². The quantitative estimate of drug-likeness (QED) is 0.503. The molecule has 0 aromatic heterocycles. The number of ether oxygens (including phenoxy) is 1. The van der Waals surface area contributed by atoms with E-state index in [1.807, 2.05) is 13.8 Å². The molecule has 2 fully saturated rings. The molecule has 0 saturated heterocycles. The largest absolute Gasteiger partial charge is 0.378 e. The van der Waals surface area contributed by atoms with E-state index in [-0.39, 0.29) is 17.2 Å². The van der Waals surface area contributed by atoms with Gasteiger partial charge in [0.15, 0.2) is 5.96 Å². The van der Waals surface area contributed by atoms with Gasteiger partial charge < -0.3 is 15.4 Å². The van der Waals surface area contributed by atoms with Crippen LogP contribution in [0.15, 0.2) is 4.99 Å². The van der Waals surface area contributed by atoms with Crippen LogP contribution < -0.4 is 10.6 Å². The fourth-order valence-electron chi connectivity index (χ4n) is 4.24. The summed E-state index contributed by atoms with van der Waals surface area (Å²) in [5.74, 6) is 0.995. The zero-order valence-corrected chi connectivity index (χ0v) is 17.0. The molecule has 25 heavy (non-hydrogen) atoms. The van der Waals surface area contributed by atoms with Crippen LogP contribution in [0.3, 0.4) is 0 Å². The van der Waals surface area contributed by atoms with Crippen LogP contribution in [0.1, 0.15) is 59.3 Å². The van der Waals surface area contributed by atoms with Crippen LogP contribution >= 0.6 is 0 Å². The predicted molar refractivity (Wildman–Crippen MR) is 103 cm³/mol. The average Bonchev–Trinajstić information content (AvgIpc) is 3.04. The van der Waals surface area contributed by atoms with Crippen molar-refractivity contribution in [3.8, 4) is 0 Å². The zero-order valence-electron chi connectivity index (χ0n) is 16.2. The van der Waals surface area contributed by atoms with Crippen LogP contribution in [0.25, 0.3) is 0 Å². The summed E-state index contributed by atoms with van der Waals surface area (Å²) in [4.78, 5) is 4.56. The number of rotatable bonds is 8. The van der Waals surface area contributed by atoms with Crippen molar-refractivity contribution in [3.05, 3.63) is 0 Å². The summed E-state index contributed by atoms with van der Waals surface area (Å²) in [6.45, 7) is 7.56. The Bertz CT molecular complexity index is 556. The molecule has 2 aliphatic rings. The third-order valence-corrected chi connectivity index (χ3v) is 6.60. The Hall–Kier alpha value is -0.820. The maximum Gasteiger partial charge on any atom is 0.191 e. The molecule has 6 nitrogen and oxygen atoms in total. The number of sulfone groups is 1. The number of nitrogens with zero attached hydrogens (tertiary/aromatic N) is 1. The second kappa shape index (κ2) is 8.71. The van der Waals surface area contributed by atoms with Crippen molar-refractivity contribution in [2.24, 2.45) is 10.4 Å². The first kappa shape index (κ1) is 20.5. The summed E-state index contributed by atoms with van der Waals surface area (Å²) in [6, 6.07) is 0.460. The smallest absolute Gasteiger partial charge is 0.191 e. The van der Waals surface area contributed by atoms with Crippen LogP contribution in [-0.4, -0.2) is 57.7 Å². The summed E-state index contributed by atoms with van der Waals surface area (Å²) >= 11 is 0. The van der Waals surface area contributed by atoms with E-state index >= 15 is 0 Å². The van der Waals surface area contributed by atoms with Crippen LogP contribution in [0.5, 0.6) is 0 Å². The molecule has 0 aromatic carbocycles. The van der Waals surface area contributed by atoms with Crippen LogP contribution in [0.2, 0.25) is 0 Å². The first-order valence-electron chi connectivity index (χ1n) is 9.67. The Morgan fingerprint density at radius 3 is 2.56 bits per heavy atom. The number of nitrogens with one attached hydrogen (secondary N) is 2. The van der Waals surface area contributed by atoms with Crippen LogP contribution in [0, 0.1) is 5.41 Å². The standard InChI is InChI=1S/C18H35N3O3S/c1-5-19-17(20-14(3)9-12-25(4,22)23)21-15-13-16(24-6-2)18(15)10-7-8-11-18/h14-16H,5-13H2,1-4H3,(H2,19,20,21). The second-order valence-corrected chi connectivity index (χ2v) is 9.86. The van der Waals surface area contributed by atoms with Crippen LogP contribution in [-0.2, 0) is 14.6 Å². The van der Waals surface area contributed by atoms with Gasteiger partial charge in [-0.2, -0.15) is 0 Å². The van der Waals surface area contributed by atoms with Gasteiger partial charge >= 0.3 is 0 Å². The molecule has 0 aliphatic heterocycles. The summed E-state index contributed by atoms with van der Waals surface area (Å²) < 4.78 is 28.7. The summed E-state index contributed by atoms with van der Waals surface area (Å²) in [7, 11) is -2.93. The molecule has 146 valence electrons. The molecule has 3 atom stereocenters. The van der Waals surface area contributed by atoms with E-state index in [1.165, 1.54) is 31.9 Å². The first-order chi connectivity index (χ1) is 11.8. The Kier molecular flexibility index (Phi) is 7.14. The lowest BCUT2D eigenvalue weighted by molar-refractivity contribution is -0.125. The van der Waals surface area contributed by atoms with Gasteiger partial charge in [-0.05, 0) is 46.5 Å². The molecule has 0 amide bonds. The van der Waals surface area contributed by atoms with Crippen molar-refractivity contribution in [1.29, 1.82) is 0 Å². The maximum atomic E-state index is 11.4. The lowest BCUT2D eigenvalue weighted by Gasteiger charge is -2.54. The average molecular weight is 374 g/mol. The van der Waals surface area contributed by atoms with E-state index in [0.29, 0.717) is 25.1 Å². The van der Waals surface area contributed by atoms with Gasteiger partial charge in [-0.25, -0.2) is 8.42 Å². The third-order valence-electron chi connectivity index (χ3n) is 5.62. The predicted octanol–water partition coefficient (Wildman–Crippen LogP) is 2.10. The third kappa shape index (κ3) is 5.33. The molecular weight excluding hydrogens is 338 g/mol. The van der Waals surface area contributed by atoms with E-state index in [2.05, 4.69) is 22.5 Å². The van der Waals surface area contributed by atoms with E-state index in [4.69, 9.17) is 4.74 Å². The van der Waals surface area contributed by atoms with Gasteiger partial charge in [0.2, 0.25) is 0 Å². The molecular formula is C18H35N3O3S. The van der Waals surface area contributed by atoms with Gasteiger partial charge in [-0.3, -0.25) is 4.99 Å². The van der Waals surface area contributed by atoms with Crippen LogP contribution in [0.4, 0.5) is 0 Å². The first-order valence-corrected chi connectivity index (χ1v) is 11.7. The molecule has 0 heterocycles. The highest BCUT2D eigenvalue weighted by Gasteiger charge is 2.56. The van der Waals surface area contributed by atoms with Crippen molar-refractivity contribution in [3.63, 3.8) is 0 Å². The summed E-state index contributed by atoms with van der Waals surface area (Å²) in [5, 5.41) is 6.99. The monoisotopic (exact) mass is 373 g/mol. The molecule has 0 bridgehead atoms. The lowest BCUT2D eigenvalue weighted by Crippen LogP contribution is -2.65. The molecule has 0 aromatic rings. The number of guanidine groups is 1. The van der Waals surface area contributed by atoms with Crippen molar-refractivity contribution in [2.45, 2.75) is 77.5 Å². The highest BCUT2D eigenvalue weighted by atomic mass is 32.2. The number of hydrogen-bond donors (Lipinski definition) is 2. The van der Waals surface area contributed by atoms with Gasteiger partial charge in [-0.1, -0.05) is 12.8 Å². The van der Waals surface area contributed by atoms with Gasteiger partial charge in [0.25, 0.3) is 0 Å². The van der Waals surface area contributed by atoms with E-state index in [1.54, 1.807) is 0 Å². The van der Waals surface area contributed by atoms with E-state index in [0.717, 1.165) is 19.0 Å². The summed E-state index contributed by atoms with van der Waals surface area (Å²) in [6.07, 6.45) is 8.25. The molecule has 1 spiro atoms. The fraction of sp³-hybridized carbons (Fsp3) is 0.944. The maximum absolute atomic E-state index is 11.4. The molecule has 3 unspecified atom stereocenters. The second-order valence-electron chi connectivity index (χ2n) is 7.60. The molecule has 2 aliphatic carbocycles. The Morgan fingerprint density at radius 1 is 1.32 bits per heavy atom. The van der Waals surface area contributed by atoms with Crippen molar-refractivity contribution >= 4 is 15.8 Å². The van der Waals surface area contributed by atoms with Gasteiger partial charge in [0, 0.05) is 36.9 Å².